The van der Waals surface area contributed by atoms with Crippen molar-refractivity contribution in [3.8, 4) is 23.0 Å². The first-order chi connectivity index (χ1) is 14.4. The quantitative estimate of drug-likeness (QED) is 0.356. The number of aliphatic imine (C=N–C) groups is 1. The van der Waals surface area contributed by atoms with Gasteiger partial charge in [0, 0.05) is 12.5 Å². The van der Waals surface area contributed by atoms with Crippen molar-refractivity contribution in [1.82, 2.24) is 0 Å². The molecule has 1 aliphatic heterocycles. The highest BCUT2D eigenvalue weighted by molar-refractivity contribution is 9.10. The normalized spacial score (nSPS) is 14.2. The van der Waals surface area contributed by atoms with E-state index >= 15 is 0 Å². The third kappa shape index (κ3) is 4.46. The Kier molecular flexibility index (Phi) is 6.41. The number of methoxy groups -OCH3 is 3. The molecule has 1 heterocycles. The van der Waals surface area contributed by atoms with E-state index in [1.807, 2.05) is 0 Å². The molecule has 156 valence electrons. The molecule has 0 amide bonds. The molecule has 0 saturated heterocycles. The van der Waals surface area contributed by atoms with Crippen LogP contribution in [0.1, 0.15) is 18.1 Å². The highest BCUT2D eigenvalue weighted by Gasteiger charge is 2.25. The largest absolute Gasteiger partial charge is 0.493 e. The number of hydrogen-bond acceptors (Lipinski definition) is 8. The van der Waals surface area contributed by atoms with E-state index in [1.165, 1.54) is 28.3 Å². The van der Waals surface area contributed by atoms with Crippen LogP contribution >= 0.6 is 15.9 Å². The molecule has 30 heavy (non-hydrogen) atoms. The van der Waals surface area contributed by atoms with Crippen LogP contribution in [0, 0.1) is 0 Å². The maximum absolute atomic E-state index is 12.3. The average molecular weight is 476 g/mol. The number of rotatable bonds is 6. The van der Waals surface area contributed by atoms with E-state index in [0.717, 1.165) is 0 Å². The lowest BCUT2D eigenvalue weighted by Crippen LogP contribution is -2.06. The maximum Gasteiger partial charge on any atom is 0.363 e. The van der Waals surface area contributed by atoms with Gasteiger partial charge in [-0.15, -0.1) is 0 Å². The minimum atomic E-state index is -0.598. The van der Waals surface area contributed by atoms with E-state index in [0.29, 0.717) is 32.8 Å². The first-order valence-corrected chi connectivity index (χ1v) is 9.46. The molecule has 9 heteroatoms. The number of halogens is 1. The molecule has 0 fully saturated rings. The van der Waals surface area contributed by atoms with Crippen molar-refractivity contribution < 1.29 is 33.3 Å². The molecule has 0 atom stereocenters. The molecular formula is C21H18BrNO7. The van der Waals surface area contributed by atoms with Crippen molar-refractivity contribution in [2.24, 2.45) is 4.99 Å². The zero-order valence-electron chi connectivity index (χ0n) is 16.6. The number of cyclic esters (lactones) is 1. The Balaban J connectivity index is 1.96. The van der Waals surface area contributed by atoms with Crippen molar-refractivity contribution >= 4 is 39.8 Å². The highest BCUT2D eigenvalue weighted by atomic mass is 79.9. The van der Waals surface area contributed by atoms with Gasteiger partial charge in [-0.25, -0.2) is 9.79 Å². The molecule has 0 saturated carbocycles. The van der Waals surface area contributed by atoms with Gasteiger partial charge < -0.3 is 23.7 Å². The Morgan fingerprint density at radius 1 is 1.03 bits per heavy atom. The Labute approximate surface area is 181 Å². The molecule has 3 rings (SSSR count). The van der Waals surface area contributed by atoms with E-state index < -0.39 is 11.9 Å². The van der Waals surface area contributed by atoms with Crippen LogP contribution in [0.5, 0.6) is 23.0 Å². The summed E-state index contributed by atoms with van der Waals surface area (Å²) in [5.41, 5.74) is 1.27. The first-order valence-electron chi connectivity index (χ1n) is 8.67. The van der Waals surface area contributed by atoms with Crippen molar-refractivity contribution in [2.75, 3.05) is 21.3 Å². The van der Waals surface area contributed by atoms with E-state index in [4.69, 9.17) is 23.7 Å². The lowest BCUT2D eigenvalue weighted by Gasteiger charge is -2.11. The van der Waals surface area contributed by atoms with Crippen molar-refractivity contribution in [3.05, 3.63) is 51.6 Å². The van der Waals surface area contributed by atoms with Crippen LogP contribution in [-0.4, -0.2) is 39.2 Å². The molecule has 0 aliphatic carbocycles. The molecule has 2 aromatic rings. The zero-order valence-corrected chi connectivity index (χ0v) is 18.2. The summed E-state index contributed by atoms with van der Waals surface area (Å²) in [5, 5.41) is 0. The molecule has 2 aromatic carbocycles. The number of carbonyl (C=O) groups excluding carboxylic acids is 2. The second-order valence-electron chi connectivity index (χ2n) is 6.03. The number of nitrogens with zero attached hydrogens (tertiary/aromatic N) is 1. The van der Waals surface area contributed by atoms with Crippen LogP contribution in [0.15, 0.2) is 45.5 Å². The SMILES string of the molecule is COc1ccc(C2=N/C(=C\c3cc(Br)c(OC(C)=O)c(OC)c3)C(=O)O2)cc1OC. The summed E-state index contributed by atoms with van der Waals surface area (Å²) in [6.07, 6.45) is 1.54. The Hall–Kier alpha value is -3.33. The average Bonchev–Trinajstić information content (AvgIpc) is 3.09. The predicted molar refractivity (Wildman–Crippen MR) is 112 cm³/mol. The van der Waals surface area contributed by atoms with Crippen LogP contribution in [0.3, 0.4) is 0 Å². The van der Waals surface area contributed by atoms with Gasteiger partial charge in [-0.2, -0.15) is 0 Å². The molecule has 0 spiro atoms. The molecule has 8 nitrogen and oxygen atoms in total. The van der Waals surface area contributed by atoms with Gasteiger partial charge in [0.1, 0.15) is 0 Å². The maximum atomic E-state index is 12.3. The van der Waals surface area contributed by atoms with Crippen molar-refractivity contribution in [2.45, 2.75) is 6.92 Å². The topological polar surface area (TPSA) is 92.7 Å². The molecule has 0 radical (unpaired) electrons. The van der Waals surface area contributed by atoms with Gasteiger partial charge in [0.05, 0.1) is 25.8 Å². The Morgan fingerprint density at radius 2 is 1.73 bits per heavy atom. The van der Waals surface area contributed by atoms with E-state index in [-0.39, 0.29) is 17.3 Å². The monoisotopic (exact) mass is 475 g/mol. The first kappa shape index (κ1) is 21.4. The minimum absolute atomic E-state index is 0.106. The number of hydrogen-bond donors (Lipinski definition) is 0. The summed E-state index contributed by atoms with van der Waals surface area (Å²) in [6.45, 7) is 1.29. The summed E-state index contributed by atoms with van der Waals surface area (Å²) in [7, 11) is 4.49. The van der Waals surface area contributed by atoms with E-state index in [9.17, 15) is 9.59 Å². The Morgan fingerprint density at radius 3 is 2.37 bits per heavy atom. The Bertz CT molecular complexity index is 1080. The van der Waals surface area contributed by atoms with Crippen LogP contribution in [0.4, 0.5) is 0 Å². The molecule has 0 unspecified atom stereocenters. The van der Waals surface area contributed by atoms with Gasteiger partial charge in [0.25, 0.3) is 0 Å². The predicted octanol–water partition coefficient (Wildman–Crippen LogP) is 3.74. The van der Waals surface area contributed by atoms with Gasteiger partial charge in [0.2, 0.25) is 5.90 Å². The van der Waals surface area contributed by atoms with Crippen molar-refractivity contribution in [3.63, 3.8) is 0 Å². The van der Waals surface area contributed by atoms with Crippen molar-refractivity contribution in [1.29, 1.82) is 0 Å². The summed E-state index contributed by atoms with van der Waals surface area (Å²) in [4.78, 5) is 27.9. The standard InChI is InChI=1S/C21H18BrNO7/c1-11(24)29-19-14(22)7-12(9-18(19)28-4)8-15-21(25)30-20(23-15)13-5-6-16(26-2)17(10-13)27-3/h5-10H,1-4H3/b15-8-. The molecular weight excluding hydrogens is 458 g/mol. The number of benzene rings is 2. The second kappa shape index (κ2) is 9.00. The third-order valence-corrected chi connectivity index (χ3v) is 4.64. The smallest absolute Gasteiger partial charge is 0.363 e. The molecule has 1 aliphatic rings. The van der Waals surface area contributed by atoms with E-state index in [1.54, 1.807) is 36.4 Å². The van der Waals surface area contributed by atoms with Gasteiger partial charge in [-0.05, 0) is 57.9 Å². The number of esters is 2. The molecule has 0 aromatic heterocycles. The van der Waals surface area contributed by atoms with Crippen LogP contribution in [0.25, 0.3) is 6.08 Å². The lowest BCUT2D eigenvalue weighted by molar-refractivity contribution is -0.132. The number of ether oxygens (including phenoxy) is 5. The van der Waals surface area contributed by atoms with E-state index in [2.05, 4.69) is 20.9 Å². The third-order valence-electron chi connectivity index (χ3n) is 4.05. The summed E-state index contributed by atoms with van der Waals surface area (Å²) >= 11 is 3.35. The summed E-state index contributed by atoms with van der Waals surface area (Å²) in [5.74, 6) is 0.669. The lowest BCUT2D eigenvalue weighted by atomic mass is 10.1. The summed E-state index contributed by atoms with van der Waals surface area (Å²) < 4.78 is 26.7. The zero-order chi connectivity index (χ0) is 21.8. The van der Waals surface area contributed by atoms with Gasteiger partial charge in [-0.1, -0.05) is 0 Å². The minimum Gasteiger partial charge on any atom is -0.493 e. The highest BCUT2D eigenvalue weighted by Crippen LogP contribution is 2.38. The fourth-order valence-electron chi connectivity index (χ4n) is 2.73. The number of carbonyl (C=O) groups is 2. The van der Waals surface area contributed by atoms with Gasteiger partial charge in [0.15, 0.2) is 28.7 Å². The van der Waals surface area contributed by atoms with Crippen LogP contribution in [-0.2, 0) is 14.3 Å². The van der Waals surface area contributed by atoms with Gasteiger partial charge in [-0.3, -0.25) is 4.79 Å². The fraction of sp³-hybridized carbons (Fsp3) is 0.190. The second-order valence-corrected chi connectivity index (χ2v) is 6.89. The fourth-order valence-corrected chi connectivity index (χ4v) is 3.27. The summed E-state index contributed by atoms with van der Waals surface area (Å²) in [6, 6.07) is 8.37. The van der Waals surface area contributed by atoms with Crippen LogP contribution < -0.4 is 18.9 Å². The molecule has 0 N–H and O–H groups in total. The molecule has 0 bridgehead atoms. The van der Waals surface area contributed by atoms with Gasteiger partial charge >= 0.3 is 11.9 Å². The van der Waals surface area contributed by atoms with Crippen LogP contribution in [0.2, 0.25) is 0 Å².